The molecular formula is C16H16ClNO3. The highest BCUT2D eigenvalue weighted by Gasteiger charge is 2.13. The molecule has 0 aliphatic rings. The van der Waals surface area contributed by atoms with Gasteiger partial charge in [0.15, 0.2) is 0 Å². The molecule has 0 saturated carbocycles. The highest BCUT2D eigenvalue weighted by atomic mass is 35.5. The maximum atomic E-state index is 11.3. The Balaban J connectivity index is 2.31. The van der Waals surface area contributed by atoms with Crippen LogP contribution in [0.4, 0.5) is 5.69 Å². The van der Waals surface area contributed by atoms with Gasteiger partial charge in [0, 0.05) is 17.1 Å². The number of aromatic carboxylic acids is 1. The molecule has 2 aromatic carbocycles. The number of hydrogen-bond acceptors (Lipinski definition) is 3. The Kier molecular flexibility index (Phi) is 4.70. The van der Waals surface area contributed by atoms with Crippen LogP contribution in [0, 0.1) is 6.92 Å². The number of nitrogens with one attached hydrogen (secondary N) is 1. The predicted molar refractivity (Wildman–Crippen MR) is 83.5 cm³/mol. The molecule has 4 nitrogen and oxygen atoms in total. The summed E-state index contributed by atoms with van der Waals surface area (Å²) in [5.41, 5.74) is 2.48. The van der Waals surface area contributed by atoms with Crippen molar-refractivity contribution in [2.24, 2.45) is 0 Å². The van der Waals surface area contributed by atoms with Crippen molar-refractivity contribution in [1.29, 1.82) is 0 Å². The third kappa shape index (κ3) is 3.28. The Labute approximate surface area is 128 Å². The molecule has 2 aromatic rings. The van der Waals surface area contributed by atoms with Gasteiger partial charge in [-0.25, -0.2) is 4.79 Å². The van der Waals surface area contributed by atoms with Crippen LogP contribution in [-0.2, 0) is 6.54 Å². The van der Waals surface area contributed by atoms with Gasteiger partial charge in [0.1, 0.15) is 5.75 Å². The van der Waals surface area contributed by atoms with E-state index in [1.165, 1.54) is 0 Å². The Hall–Kier alpha value is -2.20. The van der Waals surface area contributed by atoms with Crippen molar-refractivity contribution >= 4 is 23.3 Å². The van der Waals surface area contributed by atoms with E-state index in [4.69, 9.17) is 16.3 Å². The summed E-state index contributed by atoms with van der Waals surface area (Å²) in [6, 6.07) is 10.6. The first kappa shape index (κ1) is 15.2. The number of aryl methyl sites for hydroxylation is 1. The van der Waals surface area contributed by atoms with Crippen LogP contribution in [-0.4, -0.2) is 18.2 Å². The number of halogens is 1. The Bertz CT molecular complexity index is 671. The third-order valence-corrected chi connectivity index (χ3v) is 3.60. The molecule has 110 valence electrons. The summed E-state index contributed by atoms with van der Waals surface area (Å²) in [5.74, 6) is -0.298. The average molecular weight is 306 g/mol. The van der Waals surface area contributed by atoms with Gasteiger partial charge in [-0.2, -0.15) is 0 Å². The summed E-state index contributed by atoms with van der Waals surface area (Å²) < 4.78 is 5.28. The molecule has 0 aromatic heterocycles. The Morgan fingerprint density at radius 1 is 1.29 bits per heavy atom. The molecule has 0 saturated heterocycles. The lowest BCUT2D eigenvalue weighted by Gasteiger charge is -2.15. The number of ether oxygens (including phenoxy) is 1. The number of rotatable bonds is 5. The molecule has 5 heteroatoms. The van der Waals surface area contributed by atoms with Crippen LogP contribution in [0.5, 0.6) is 5.75 Å². The number of benzene rings is 2. The molecule has 0 bridgehead atoms. The lowest BCUT2D eigenvalue weighted by molar-refractivity contribution is 0.0698. The lowest BCUT2D eigenvalue weighted by Crippen LogP contribution is -2.09. The fourth-order valence-corrected chi connectivity index (χ4v) is 2.39. The molecule has 0 heterocycles. The normalized spacial score (nSPS) is 10.2. The number of para-hydroxylation sites is 1. The molecule has 0 atom stereocenters. The van der Waals surface area contributed by atoms with E-state index in [0.717, 1.165) is 11.1 Å². The van der Waals surface area contributed by atoms with Gasteiger partial charge >= 0.3 is 5.97 Å². The van der Waals surface area contributed by atoms with Crippen molar-refractivity contribution in [3.05, 3.63) is 58.1 Å². The Morgan fingerprint density at radius 2 is 2.00 bits per heavy atom. The van der Waals surface area contributed by atoms with Crippen molar-refractivity contribution in [3.63, 3.8) is 0 Å². The fourth-order valence-electron chi connectivity index (χ4n) is 2.16. The molecule has 0 aliphatic heterocycles. The van der Waals surface area contributed by atoms with Gasteiger partial charge in [-0.15, -0.1) is 0 Å². The zero-order valence-electron chi connectivity index (χ0n) is 11.8. The predicted octanol–water partition coefficient (Wildman–Crippen LogP) is 3.97. The van der Waals surface area contributed by atoms with Crippen molar-refractivity contribution in [2.75, 3.05) is 12.4 Å². The number of carbonyl (C=O) groups is 1. The van der Waals surface area contributed by atoms with Crippen LogP contribution in [0.2, 0.25) is 5.02 Å². The number of carboxylic acid groups (broad SMARTS) is 1. The minimum absolute atomic E-state index is 0.237. The third-order valence-electron chi connectivity index (χ3n) is 3.24. The second-order valence-electron chi connectivity index (χ2n) is 4.58. The summed E-state index contributed by atoms with van der Waals surface area (Å²) in [6.45, 7) is 2.24. The van der Waals surface area contributed by atoms with E-state index in [1.54, 1.807) is 31.4 Å². The van der Waals surface area contributed by atoms with Crippen molar-refractivity contribution in [3.8, 4) is 5.75 Å². The number of anilines is 1. The van der Waals surface area contributed by atoms with Crippen LogP contribution in [0.3, 0.4) is 0 Å². The van der Waals surface area contributed by atoms with E-state index in [9.17, 15) is 9.90 Å². The summed E-state index contributed by atoms with van der Waals surface area (Å²) >= 11 is 6.18. The first-order valence-electron chi connectivity index (χ1n) is 6.42. The van der Waals surface area contributed by atoms with E-state index in [2.05, 4.69) is 5.32 Å². The smallest absolute Gasteiger partial charge is 0.337 e. The van der Waals surface area contributed by atoms with Gasteiger partial charge in [-0.1, -0.05) is 29.8 Å². The quantitative estimate of drug-likeness (QED) is 0.877. The topological polar surface area (TPSA) is 58.6 Å². The molecule has 0 spiro atoms. The van der Waals surface area contributed by atoms with Crippen LogP contribution >= 0.6 is 11.6 Å². The zero-order valence-corrected chi connectivity index (χ0v) is 12.6. The van der Waals surface area contributed by atoms with E-state index < -0.39 is 5.97 Å². The maximum absolute atomic E-state index is 11.3. The molecule has 2 N–H and O–H groups in total. The van der Waals surface area contributed by atoms with Crippen LogP contribution in [0.15, 0.2) is 36.4 Å². The standard InChI is InChI=1S/C16H16ClNO3/c1-10-5-3-6-11(16(19)20)15(10)18-9-12-13(17)7-4-8-14(12)21-2/h3-8,18H,9H2,1-2H3,(H,19,20). The minimum Gasteiger partial charge on any atom is -0.496 e. The second-order valence-corrected chi connectivity index (χ2v) is 4.98. The molecule has 0 radical (unpaired) electrons. The van der Waals surface area contributed by atoms with Crippen molar-refractivity contribution < 1.29 is 14.6 Å². The lowest BCUT2D eigenvalue weighted by atomic mass is 10.1. The Morgan fingerprint density at radius 3 is 2.67 bits per heavy atom. The maximum Gasteiger partial charge on any atom is 0.337 e. The molecule has 0 unspecified atom stereocenters. The number of hydrogen-bond donors (Lipinski definition) is 2. The van der Waals surface area contributed by atoms with E-state index in [0.29, 0.717) is 23.0 Å². The van der Waals surface area contributed by atoms with Gasteiger partial charge in [0.25, 0.3) is 0 Å². The van der Waals surface area contributed by atoms with Gasteiger partial charge in [-0.05, 0) is 30.7 Å². The largest absolute Gasteiger partial charge is 0.496 e. The summed E-state index contributed by atoms with van der Waals surface area (Å²) in [5, 5.41) is 13.0. The molecule has 2 rings (SSSR count). The molecule has 0 fully saturated rings. The first-order chi connectivity index (χ1) is 10.0. The van der Waals surface area contributed by atoms with Crippen molar-refractivity contribution in [2.45, 2.75) is 13.5 Å². The molecule has 0 aliphatic carbocycles. The van der Waals surface area contributed by atoms with Crippen LogP contribution in [0.25, 0.3) is 0 Å². The molecular weight excluding hydrogens is 290 g/mol. The highest BCUT2D eigenvalue weighted by molar-refractivity contribution is 6.31. The van der Waals surface area contributed by atoms with E-state index in [-0.39, 0.29) is 5.56 Å². The summed E-state index contributed by atoms with van der Waals surface area (Å²) in [7, 11) is 1.58. The van der Waals surface area contributed by atoms with Crippen LogP contribution in [0.1, 0.15) is 21.5 Å². The van der Waals surface area contributed by atoms with Gasteiger partial charge in [-0.3, -0.25) is 0 Å². The summed E-state index contributed by atoms with van der Waals surface area (Å²) in [4.78, 5) is 11.3. The van der Waals surface area contributed by atoms with Crippen LogP contribution < -0.4 is 10.1 Å². The average Bonchev–Trinajstić information content (AvgIpc) is 2.46. The van der Waals surface area contributed by atoms with E-state index >= 15 is 0 Å². The van der Waals surface area contributed by atoms with Crippen molar-refractivity contribution in [1.82, 2.24) is 0 Å². The minimum atomic E-state index is -0.965. The number of methoxy groups -OCH3 is 1. The van der Waals surface area contributed by atoms with Gasteiger partial charge < -0.3 is 15.2 Å². The molecule has 21 heavy (non-hydrogen) atoms. The van der Waals surface area contributed by atoms with Gasteiger partial charge in [0.05, 0.1) is 18.4 Å². The SMILES string of the molecule is COc1cccc(Cl)c1CNc1c(C)cccc1C(=O)O. The van der Waals surface area contributed by atoms with E-state index in [1.807, 2.05) is 19.1 Å². The zero-order chi connectivity index (χ0) is 15.4. The van der Waals surface area contributed by atoms with Gasteiger partial charge in [0.2, 0.25) is 0 Å². The number of carboxylic acids is 1. The monoisotopic (exact) mass is 305 g/mol. The highest BCUT2D eigenvalue weighted by Crippen LogP contribution is 2.28. The summed E-state index contributed by atoms with van der Waals surface area (Å²) in [6.07, 6.45) is 0. The fraction of sp³-hybridized carbons (Fsp3) is 0.188. The molecule has 0 amide bonds. The first-order valence-corrected chi connectivity index (χ1v) is 6.80. The second kappa shape index (κ2) is 6.50.